The summed E-state index contributed by atoms with van der Waals surface area (Å²) in [5, 5.41) is 6.07. The molecule has 0 bridgehead atoms. The predicted octanol–water partition coefficient (Wildman–Crippen LogP) is 1.71. The first-order valence-electron chi connectivity index (χ1n) is 7.42. The third-order valence-electron chi connectivity index (χ3n) is 3.35. The van der Waals surface area contributed by atoms with Crippen LogP contribution in [0, 0.1) is 0 Å². The number of nitrogens with zero attached hydrogens (tertiary/aromatic N) is 3. The van der Waals surface area contributed by atoms with Crippen molar-refractivity contribution in [2.75, 3.05) is 32.5 Å². The minimum atomic E-state index is -0.163. The average Bonchev–Trinajstić information content (AvgIpc) is 2.44. The Kier molecular flexibility index (Phi) is 6.55. The van der Waals surface area contributed by atoms with E-state index in [1.807, 2.05) is 34.9 Å². The van der Waals surface area contributed by atoms with E-state index in [1.165, 1.54) is 0 Å². The van der Waals surface area contributed by atoms with E-state index in [1.54, 1.807) is 6.20 Å². The summed E-state index contributed by atoms with van der Waals surface area (Å²) in [4.78, 5) is 23.2. The summed E-state index contributed by atoms with van der Waals surface area (Å²) in [6, 6.07) is 0.267. The van der Waals surface area contributed by atoms with E-state index < -0.39 is 0 Å². The summed E-state index contributed by atoms with van der Waals surface area (Å²) in [5.74, 6) is 0.708. The number of nitrogens with one attached hydrogen (secondary N) is 2. The molecule has 1 atom stereocenters. The van der Waals surface area contributed by atoms with E-state index in [2.05, 4.69) is 32.4 Å². The maximum Gasteiger partial charge on any atom is 0.272 e. The molecule has 1 amide bonds. The van der Waals surface area contributed by atoms with Gasteiger partial charge in [-0.1, -0.05) is 13.8 Å². The van der Waals surface area contributed by atoms with Gasteiger partial charge in [0.15, 0.2) is 5.69 Å². The van der Waals surface area contributed by atoms with Gasteiger partial charge in [0.25, 0.3) is 5.91 Å². The SMILES string of the molecule is CCNc1cnc(C(C)C)nc1C(=O)NCC(C)N(C)C. The van der Waals surface area contributed by atoms with Crippen LogP contribution in [0.15, 0.2) is 6.20 Å². The highest BCUT2D eigenvalue weighted by molar-refractivity contribution is 5.97. The smallest absolute Gasteiger partial charge is 0.272 e. The van der Waals surface area contributed by atoms with Crippen LogP contribution in [-0.4, -0.2) is 54.0 Å². The Balaban J connectivity index is 2.91. The first kappa shape index (κ1) is 17.4. The number of aromatic nitrogens is 2. The van der Waals surface area contributed by atoms with Crippen molar-refractivity contribution in [3.05, 3.63) is 17.7 Å². The van der Waals surface area contributed by atoms with E-state index in [9.17, 15) is 4.79 Å². The molecular formula is C15H27N5O. The minimum absolute atomic E-state index is 0.163. The normalized spacial score (nSPS) is 12.6. The van der Waals surface area contributed by atoms with Gasteiger partial charge in [-0.2, -0.15) is 0 Å². The number of likely N-dealkylation sites (N-methyl/N-ethyl adjacent to an activating group) is 1. The van der Waals surface area contributed by atoms with Gasteiger partial charge in [0, 0.05) is 25.0 Å². The van der Waals surface area contributed by atoms with Crippen LogP contribution in [0.3, 0.4) is 0 Å². The number of rotatable bonds is 7. The molecular weight excluding hydrogens is 266 g/mol. The van der Waals surface area contributed by atoms with Crippen molar-refractivity contribution in [2.24, 2.45) is 0 Å². The lowest BCUT2D eigenvalue weighted by Gasteiger charge is -2.20. The molecule has 0 radical (unpaired) electrons. The Labute approximate surface area is 127 Å². The molecule has 0 saturated carbocycles. The van der Waals surface area contributed by atoms with E-state index in [0.717, 1.165) is 6.54 Å². The van der Waals surface area contributed by atoms with E-state index in [0.29, 0.717) is 23.8 Å². The van der Waals surface area contributed by atoms with Crippen LogP contribution in [0.2, 0.25) is 0 Å². The quantitative estimate of drug-likeness (QED) is 0.801. The van der Waals surface area contributed by atoms with Crippen molar-refractivity contribution in [3.8, 4) is 0 Å². The summed E-state index contributed by atoms with van der Waals surface area (Å²) < 4.78 is 0. The highest BCUT2D eigenvalue weighted by Gasteiger charge is 2.17. The van der Waals surface area contributed by atoms with Crippen molar-refractivity contribution in [1.29, 1.82) is 0 Å². The topological polar surface area (TPSA) is 70.1 Å². The fraction of sp³-hybridized carbons (Fsp3) is 0.667. The van der Waals surface area contributed by atoms with Crippen LogP contribution in [-0.2, 0) is 0 Å². The first-order valence-corrected chi connectivity index (χ1v) is 7.42. The zero-order chi connectivity index (χ0) is 16.0. The molecule has 0 spiro atoms. The molecule has 0 aliphatic rings. The highest BCUT2D eigenvalue weighted by Crippen LogP contribution is 2.16. The molecule has 1 rings (SSSR count). The van der Waals surface area contributed by atoms with Crippen LogP contribution in [0.1, 0.15) is 49.9 Å². The molecule has 6 nitrogen and oxygen atoms in total. The summed E-state index contributed by atoms with van der Waals surface area (Å²) in [5.41, 5.74) is 1.10. The van der Waals surface area contributed by atoms with Gasteiger partial charge in [-0.05, 0) is 27.9 Å². The standard InChI is InChI=1S/C15H27N5O/c1-7-16-12-9-17-14(10(2)3)19-13(12)15(21)18-8-11(4)20(5)6/h9-11,16H,7-8H2,1-6H3,(H,18,21). The monoisotopic (exact) mass is 293 g/mol. The number of amides is 1. The molecule has 6 heteroatoms. The zero-order valence-corrected chi connectivity index (χ0v) is 13.9. The molecule has 1 heterocycles. The van der Waals surface area contributed by atoms with Gasteiger partial charge >= 0.3 is 0 Å². The summed E-state index contributed by atoms with van der Waals surface area (Å²) in [6.07, 6.45) is 1.69. The summed E-state index contributed by atoms with van der Waals surface area (Å²) in [7, 11) is 3.98. The Morgan fingerprint density at radius 3 is 2.52 bits per heavy atom. The lowest BCUT2D eigenvalue weighted by atomic mass is 10.2. The molecule has 2 N–H and O–H groups in total. The molecule has 1 unspecified atom stereocenters. The Bertz CT molecular complexity index is 473. The molecule has 0 fully saturated rings. The van der Waals surface area contributed by atoms with Gasteiger partial charge in [-0.15, -0.1) is 0 Å². The number of carbonyl (C=O) groups excluding carboxylic acids is 1. The second kappa shape index (κ2) is 7.93. The Morgan fingerprint density at radius 1 is 1.33 bits per heavy atom. The highest BCUT2D eigenvalue weighted by atomic mass is 16.1. The predicted molar refractivity (Wildman–Crippen MR) is 85.8 cm³/mol. The molecule has 21 heavy (non-hydrogen) atoms. The molecule has 0 aromatic carbocycles. The molecule has 1 aromatic rings. The lowest BCUT2D eigenvalue weighted by molar-refractivity contribution is 0.0939. The molecule has 0 aliphatic heterocycles. The van der Waals surface area contributed by atoms with E-state index >= 15 is 0 Å². The number of hydrogen-bond donors (Lipinski definition) is 2. The minimum Gasteiger partial charge on any atom is -0.382 e. The second-order valence-electron chi connectivity index (χ2n) is 5.70. The largest absolute Gasteiger partial charge is 0.382 e. The second-order valence-corrected chi connectivity index (χ2v) is 5.70. The van der Waals surface area contributed by atoms with Gasteiger partial charge in [0.05, 0.1) is 11.9 Å². The van der Waals surface area contributed by atoms with Crippen LogP contribution >= 0.6 is 0 Å². The first-order chi connectivity index (χ1) is 9.86. The number of anilines is 1. The molecule has 0 saturated heterocycles. The fourth-order valence-electron chi connectivity index (χ4n) is 1.67. The molecule has 0 aliphatic carbocycles. The van der Waals surface area contributed by atoms with Gasteiger partial charge < -0.3 is 15.5 Å². The van der Waals surface area contributed by atoms with E-state index in [4.69, 9.17) is 0 Å². The fourth-order valence-corrected chi connectivity index (χ4v) is 1.67. The molecule has 118 valence electrons. The van der Waals surface area contributed by atoms with E-state index in [-0.39, 0.29) is 17.9 Å². The average molecular weight is 293 g/mol. The lowest BCUT2D eigenvalue weighted by Crippen LogP contribution is -2.38. The van der Waals surface area contributed by atoms with Crippen molar-refractivity contribution >= 4 is 11.6 Å². The van der Waals surface area contributed by atoms with Crippen LogP contribution in [0.25, 0.3) is 0 Å². The van der Waals surface area contributed by atoms with Crippen molar-refractivity contribution < 1.29 is 4.79 Å². The Morgan fingerprint density at radius 2 is 2.00 bits per heavy atom. The van der Waals surface area contributed by atoms with Crippen molar-refractivity contribution in [2.45, 2.75) is 39.7 Å². The Hall–Kier alpha value is -1.69. The van der Waals surface area contributed by atoms with Gasteiger partial charge in [-0.25, -0.2) is 9.97 Å². The maximum absolute atomic E-state index is 12.4. The van der Waals surface area contributed by atoms with Gasteiger partial charge in [0.2, 0.25) is 0 Å². The van der Waals surface area contributed by atoms with Crippen LogP contribution in [0.4, 0.5) is 5.69 Å². The third-order valence-corrected chi connectivity index (χ3v) is 3.35. The van der Waals surface area contributed by atoms with Gasteiger partial charge in [-0.3, -0.25) is 4.79 Å². The van der Waals surface area contributed by atoms with Gasteiger partial charge in [0.1, 0.15) is 5.82 Å². The summed E-state index contributed by atoms with van der Waals surface area (Å²) in [6.45, 7) is 9.37. The number of carbonyl (C=O) groups is 1. The van der Waals surface area contributed by atoms with Crippen molar-refractivity contribution in [3.63, 3.8) is 0 Å². The maximum atomic E-state index is 12.4. The zero-order valence-electron chi connectivity index (χ0n) is 13.9. The van der Waals surface area contributed by atoms with Crippen LogP contribution in [0.5, 0.6) is 0 Å². The van der Waals surface area contributed by atoms with Crippen LogP contribution < -0.4 is 10.6 Å². The molecule has 1 aromatic heterocycles. The number of hydrogen-bond acceptors (Lipinski definition) is 5. The third kappa shape index (κ3) is 4.97. The van der Waals surface area contributed by atoms with Crippen molar-refractivity contribution in [1.82, 2.24) is 20.2 Å². The summed E-state index contributed by atoms with van der Waals surface area (Å²) >= 11 is 0.